The number of hydrazone groups is 1. The zero-order valence-electron chi connectivity index (χ0n) is 9.83. The molecule has 2 aliphatic rings. The summed E-state index contributed by atoms with van der Waals surface area (Å²) in [4.78, 5) is 0. The van der Waals surface area contributed by atoms with Gasteiger partial charge in [-0.05, 0) is 31.6 Å². The maximum Gasteiger partial charge on any atom is 0.0360 e. The third kappa shape index (κ3) is 3.84. The molecule has 15 heavy (non-hydrogen) atoms. The largest absolute Gasteiger partial charge is 0.297 e. The summed E-state index contributed by atoms with van der Waals surface area (Å²) in [6.07, 6.45) is 14.7. The van der Waals surface area contributed by atoms with Crippen LogP contribution in [0.1, 0.15) is 57.8 Å². The standard InChI is InChI=1S/C13H24N2/c1-2-7-11-15(10-6-1)14-12-13-8-4-3-5-9-13/h12-13H,1-11H2. The Kier molecular flexibility index (Phi) is 4.49. The Hall–Kier alpha value is -0.530. The minimum absolute atomic E-state index is 0.780. The molecule has 86 valence electrons. The summed E-state index contributed by atoms with van der Waals surface area (Å²) in [5, 5.41) is 6.97. The molecule has 1 heterocycles. The lowest BCUT2D eigenvalue weighted by Gasteiger charge is -2.20. The first-order valence-electron chi connectivity index (χ1n) is 6.74. The molecule has 0 spiro atoms. The summed E-state index contributed by atoms with van der Waals surface area (Å²) >= 11 is 0. The first-order valence-corrected chi connectivity index (χ1v) is 6.74. The third-order valence-electron chi connectivity index (χ3n) is 3.67. The molecule has 0 radical (unpaired) electrons. The Bertz CT molecular complexity index is 187. The van der Waals surface area contributed by atoms with E-state index in [4.69, 9.17) is 0 Å². The number of rotatable bonds is 2. The van der Waals surface area contributed by atoms with Crippen molar-refractivity contribution in [1.29, 1.82) is 0 Å². The van der Waals surface area contributed by atoms with E-state index in [1.807, 2.05) is 0 Å². The quantitative estimate of drug-likeness (QED) is 0.635. The van der Waals surface area contributed by atoms with Crippen molar-refractivity contribution in [3.8, 4) is 0 Å². The molecule has 1 aliphatic carbocycles. The summed E-state index contributed by atoms with van der Waals surface area (Å²) < 4.78 is 0. The van der Waals surface area contributed by atoms with Gasteiger partial charge in [-0.2, -0.15) is 5.10 Å². The minimum Gasteiger partial charge on any atom is -0.297 e. The first-order chi connectivity index (χ1) is 7.45. The van der Waals surface area contributed by atoms with Gasteiger partial charge < -0.3 is 0 Å². The fourth-order valence-corrected chi connectivity index (χ4v) is 2.64. The molecule has 2 nitrogen and oxygen atoms in total. The van der Waals surface area contributed by atoms with E-state index in [-0.39, 0.29) is 0 Å². The second kappa shape index (κ2) is 6.14. The van der Waals surface area contributed by atoms with Gasteiger partial charge in [0, 0.05) is 19.3 Å². The van der Waals surface area contributed by atoms with E-state index in [0.717, 1.165) is 5.92 Å². The molecule has 2 rings (SSSR count). The molecule has 0 N–H and O–H groups in total. The second-order valence-corrected chi connectivity index (χ2v) is 5.03. The topological polar surface area (TPSA) is 15.6 Å². The highest BCUT2D eigenvalue weighted by Crippen LogP contribution is 2.22. The van der Waals surface area contributed by atoms with Crippen molar-refractivity contribution in [2.75, 3.05) is 13.1 Å². The summed E-state index contributed by atoms with van der Waals surface area (Å²) in [7, 11) is 0. The average Bonchev–Trinajstić information content (AvgIpc) is 2.56. The zero-order valence-corrected chi connectivity index (χ0v) is 9.83. The van der Waals surface area contributed by atoms with Crippen molar-refractivity contribution in [2.24, 2.45) is 11.0 Å². The third-order valence-corrected chi connectivity index (χ3v) is 3.67. The van der Waals surface area contributed by atoms with E-state index in [1.54, 1.807) is 0 Å². The van der Waals surface area contributed by atoms with Crippen molar-refractivity contribution in [1.82, 2.24) is 5.01 Å². The van der Waals surface area contributed by atoms with Crippen LogP contribution in [0.4, 0.5) is 0 Å². The Morgan fingerprint density at radius 3 is 2.07 bits per heavy atom. The Labute approximate surface area is 93.7 Å². The monoisotopic (exact) mass is 208 g/mol. The zero-order chi connectivity index (χ0) is 10.3. The van der Waals surface area contributed by atoms with Crippen molar-refractivity contribution < 1.29 is 0 Å². The smallest absolute Gasteiger partial charge is 0.0360 e. The van der Waals surface area contributed by atoms with Crippen LogP contribution in [-0.2, 0) is 0 Å². The van der Waals surface area contributed by atoms with Gasteiger partial charge in [-0.25, -0.2) is 0 Å². The summed E-state index contributed by atoms with van der Waals surface area (Å²) in [5.74, 6) is 0.780. The lowest BCUT2D eigenvalue weighted by Crippen LogP contribution is -2.19. The summed E-state index contributed by atoms with van der Waals surface area (Å²) in [6.45, 7) is 2.37. The minimum atomic E-state index is 0.780. The van der Waals surface area contributed by atoms with E-state index in [0.29, 0.717) is 0 Å². The Morgan fingerprint density at radius 1 is 0.800 bits per heavy atom. The van der Waals surface area contributed by atoms with Gasteiger partial charge in [0.2, 0.25) is 0 Å². The molecule has 0 amide bonds. The maximum atomic E-state index is 4.68. The van der Waals surface area contributed by atoms with E-state index >= 15 is 0 Å². The van der Waals surface area contributed by atoms with Gasteiger partial charge in [0.15, 0.2) is 0 Å². The molecule has 2 heteroatoms. The number of nitrogens with zero attached hydrogens (tertiary/aromatic N) is 2. The molecule has 0 atom stereocenters. The molecule has 0 unspecified atom stereocenters. The lowest BCUT2D eigenvalue weighted by atomic mass is 9.90. The Morgan fingerprint density at radius 2 is 1.40 bits per heavy atom. The van der Waals surface area contributed by atoms with E-state index in [9.17, 15) is 0 Å². The first kappa shape index (κ1) is 11.0. The van der Waals surface area contributed by atoms with Crippen molar-refractivity contribution in [3.05, 3.63) is 0 Å². The van der Waals surface area contributed by atoms with Crippen LogP contribution in [0, 0.1) is 5.92 Å². The van der Waals surface area contributed by atoms with Gasteiger partial charge in [0.05, 0.1) is 0 Å². The molecule has 0 bridgehead atoms. The maximum absolute atomic E-state index is 4.68. The van der Waals surface area contributed by atoms with Gasteiger partial charge in [0.25, 0.3) is 0 Å². The van der Waals surface area contributed by atoms with Crippen molar-refractivity contribution in [2.45, 2.75) is 57.8 Å². The van der Waals surface area contributed by atoms with Gasteiger partial charge in [-0.1, -0.05) is 32.1 Å². The summed E-state index contributed by atoms with van der Waals surface area (Å²) in [5.41, 5.74) is 0. The lowest BCUT2D eigenvalue weighted by molar-refractivity contribution is 0.298. The van der Waals surface area contributed by atoms with Crippen LogP contribution in [0.5, 0.6) is 0 Å². The fraction of sp³-hybridized carbons (Fsp3) is 0.923. The van der Waals surface area contributed by atoms with E-state index in [1.165, 1.54) is 70.9 Å². The average molecular weight is 208 g/mol. The van der Waals surface area contributed by atoms with Gasteiger partial charge in [-0.3, -0.25) is 5.01 Å². The molecule has 0 aromatic rings. The molecule has 0 aromatic carbocycles. The van der Waals surface area contributed by atoms with Gasteiger partial charge in [-0.15, -0.1) is 0 Å². The second-order valence-electron chi connectivity index (χ2n) is 5.03. The SMILES string of the molecule is C(=NN1CCCCCC1)C1CCCCC1. The van der Waals surface area contributed by atoms with Crippen LogP contribution >= 0.6 is 0 Å². The molecular weight excluding hydrogens is 184 g/mol. The highest BCUT2D eigenvalue weighted by atomic mass is 15.4. The Balaban J connectivity index is 1.75. The van der Waals surface area contributed by atoms with Crippen LogP contribution in [0.25, 0.3) is 0 Å². The predicted octanol–water partition coefficient (Wildman–Crippen LogP) is 3.43. The van der Waals surface area contributed by atoms with Crippen LogP contribution in [-0.4, -0.2) is 24.3 Å². The van der Waals surface area contributed by atoms with Crippen LogP contribution < -0.4 is 0 Å². The number of hydrogen-bond acceptors (Lipinski definition) is 2. The van der Waals surface area contributed by atoms with E-state index in [2.05, 4.69) is 16.3 Å². The normalized spacial score (nSPS) is 25.7. The summed E-state index contributed by atoms with van der Waals surface area (Å²) in [6, 6.07) is 0. The van der Waals surface area contributed by atoms with Crippen LogP contribution in [0.2, 0.25) is 0 Å². The van der Waals surface area contributed by atoms with Crippen molar-refractivity contribution in [3.63, 3.8) is 0 Å². The number of hydrogen-bond donors (Lipinski definition) is 0. The molecule has 0 aromatic heterocycles. The van der Waals surface area contributed by atoms with Gasteiger partial charge in [0.1, 0.15) is 0 Å². The molecule has 1 saturated carbocycles. The molecule has 1 aliphatic heterocycles. The molecule has 1 saturated heterocycles. The van der Waals surface area contributed by atoms with Crippen molar-refractivity contribution >= 4 is 6.21 Å². The molecular formula is C13H24N2. The molecule has 2 fully saturated rings. The highest BCUT2D eigenvalue weighted by molar-refractivity contribution is 5.60. The van der Waals surface area contributed by atoms with Crippen LogP contribution in [0.3, 0.4) is 0 Å². The fourth-order valence-electron chi connectivity index (χ4n) is 2.64. The van der Waals surface area contributed by atoms with Crippen LogP contribution in [0.15, 0.2) is 5.10 Å². The predicted molar refractivity (Wildman–Crippen MR) is 65.1 cm³/mol. The highest BCUT2D eigenvalue weighted by Gasteiger charge is 2.11. The van der Waals surface area contributed by atoms with Gasteiger partial charge >= 0.3 is 0 Å². The van der Waals surface area contributed by atoms with E-state index < -0.39 is 0 Å².